The van der Waals surface area contributed by atoms with Gasteiger partial charge in [-0.3, -0.25) is 19.0 Å². The molecule has 11 nitrogen and oxygen atoms in total. The van der Waals surface area contributed by atoms with Crippen LogP contribution in [0.2, 0.25) is 0 Å². The Kier molecular flexibility index (Phi) is 5.29. The van der Waals surface area contributed by atoms with Crippen molar-refractivity contribution in [2.24, 2.45) is 14.1 Å². The van der Waals surface area contributed by atoms with Gasteiger partial charge in [0.1, 0.15) is 11.4 Å². The summed E-state index contributed by atoms with van der Waals surface area (Å²) in [7, 11) is 3.28. The molecule has 0 radical (unpaired) electrons. The van der Waals surface area contributed by atoms with Crippen molar-refractivity contribution in [3.63, 3.8) is 0 Å². The van der Waals surface area contributed by atoms with Gasteiger partial charge >= 0.3 is 6.18 Å². The zero-order valence-corrected chi connectivity index (χ0v) is 18.7. The normalized spacial score (nSPS) is 13.9. The van der Waals surface area contributed by atoms with Crippen molar-refractivity contribution in [2.45, 2.75) is 31.5 Å². The number of carbonyl (C=O) groups excluding carboxylic acids is 2. The number of nitrogens with one attached hydrogen (secondary N) is 2. The van der Waals surface area contributed by atoms with Crippen LogP contribution in [-0.2, 0) is 26.8 Å². The van der Waals surface area contributed by atoms with Crippen LogP contribution in [0.3, 0.4) is 0 Å². The van der Waals surface area contributed by atoms with Crippen LogP contribution in [0, 0.1) is 0 Å². The maximum atomic E-state index is 13.6. The number of aryl methyl sites for hydroxylation is 2. The summed E-state index contributed by atoms with van der Waals surface area (Å²) in [6, 6.07) is 2.17. The standard InChI is InChI=1S/C21H20F3N9O2/c1-31-10-11(8-26-31)7-25-20(35)18-15(9-27-32(18)2)29-19(34)14-6-17-28-13(12-3-4-12)5-16(21(22,23)24)33(17)30-14/h5-6,8-10,12H,3-4,7H2,1-2H3,(H,25,35)(H,29,34). The lowest BCUT2D eigenvalue weighted by atomic mass is 10.2. The third-order valence-corrected chi connectivity index (χ3v) is 5.58. The van der Waals surface area contributed by atoms with E-state index in [2.05, 4.69) is 30.9 Å². The predicted octanol–water partition coefficient (Wildman–Crippen LogP) is 2.27. The highest BCUT2D eigenvalue weighted by atomic mass is 19.4. The van der Waals surface area contributed by atoms with Gasteiger partial charge in [-0.15, -0.1) is 0 Å². The molecule has 4 aromatic rings. The minimum Gasteiger partial charge on any atom is -0.346 e. The fourth-order valence-electron chi connectivity index (χ4n) is 3.71. The van der Waals surface area contributed by atoms with Crippen LogP contribution in [0.4, 0.5) is 18.9 Å². The van der Waals surface area contributed by atoms with Crippen molar-refractivity contribution in [1.82, 2.24) is 39.5 Å². The van der Waals surface area contributed by atoms with Gasteiger partial charge in [-0.1, -0.05) is 0 Å². The van der Waals surface area contributed by atoms with Gasteiger partial charge in [-0.25, -0.2) is 9.50 Å². The molecule has 14 heteroatoms. The number of fused-ring (bicyclic) bond motifs is 1. The number of alkyl halides is 3. The largest absolute Gasteiger partial charge is 0.433 e. The van der Waals surface area contributed by atoms with Crippen molar-refractivity contribution >= 4 is 23.1 Å². The van der Waals surface area contributed by atoms with Gasteiger partial charge in [-0.2, -0.15) is 28.5 Å². The first kappa shape index (κ1) is 22.6. The molecule has 35 heavy (non-hydrogen) atoms. The summed E-state index contributed by atoms with van der Waals surface area (Å²) in [4.78, 5) is 29.9. The Morgan fingerprint density at radius 3 is 2.54 bits per heavy atom. The molecule has 0 spiro atoms. The quantitative estimate of drug-likeness (QED) is 0.430. The van der Waals surface area contributed by atoms with E-state index in [9.17, 15) is 22.8 Å². The Hall–Kier alpha value is -4.23. The van der Waals surface area contributed by atoms with E-state index >= 15 is 0 Å². The highest BCUT2D eigenvalue weighted by molar-refractivity contribution is 6.07. The minimum absolute atomic E-state index is 0.0172. The monoisotopic (exact) mass is 487 g/mol. The Morgan fingerprint density at radius 2 is 1.89 bits per heavy atom. The highest BCUT2D eigenvalue weighted by Gasteiger charge is 2.37. The first-order valence-corrected chi connectivity index (χ1v) is 10.7. The van der Waals surface area contributed by atoms with Crippen molar-refractivity contribution in [2.75, 3.05) is 5.32 Å². The summed E-state index contributed by atoms with van der Waals surface area (Å²) in [5.74, 6) is -1.32. The number of hydrogen-bond donors (Lipinski definition) is 2. The number of aromatic nitrogens is 7. The molecule has 4 heterocycles. The van der Waals surface area contributed by atoms with Crippen molar-refractivity contribution < 1.29 is 22.8 Å². The summed E-state index contributed by atoms with van der Waals surface area (Å²) in [6.07, 6.45) is 1.49. The second kappa shape index (κ2) is 8.21. The van der Waals surface area contributed by atoms with Gasteiger partial charge in [0.25, 0.3) is 11.8 Å². The lowest BCUT2D eigenvalue weighted by Gasteiger charge is -2.10. The van der Waals surface area contributed by atoms with Crippen LogP contribution in [0.25, 0.3) is 5.65 Å². The van der Waals surface area contributed by atoms with Gasteiger partial charge in [-0.05, 0) is 18.9 Å². The molecule has 4 aromatic heterocycles. The summed E-state index contributed by atoms with van der Waals surface area (Å²) in [5.41, 5.74) is -0.0975. The summed E-state index contributed by atoms with van der Waals surface area (Å²) >= 11 is 0. The highest BCUT2D eigenvalue weighted by Crippen LogP contribution is 2.41. The van der Waals surface area contributed by atoms with E-state index in [-0.39, 0.29) is 35.2 Å². The summed E-state index contributed by atoms with van der Waals surface area (Å²) in [6.45, 7) is 0.201. The van der Waals surface area contributed by atoms with Gasteiger partial charge in [0.15, 0.2) is 11.3 Å². The van der Waals surface area contributed by atoms with Crippen molar-refractivity contribution in [3.8, 4) is 0 Å². The SMILES string of the molecule is Cn1cc(CNC(=O)c2c(NC(=O)c3cc4nc(C5CC5)cc(C(F)(F)F)n4n3)cnn2C)cn1. The van der Waals surface area contributed by atoms with Gasteiger partial charge in [0, 0.05) is 50.1 Å². The molecule has 2 amide bonds. The molecule has 1 aliphatic rings. The molecular formula is C21H20F3N9O2. The Morgan fingerprint density at radius 1 is 1.11 bits per heavy atom. The van der Waals surface area contributed by atoms with Crippen LogP contribution in [0.1, 0.15) is 56.7 Å². The van der Waals surface area contributed by atoms with E-state index in [0.717, 1.165) is 24.5 Å². The Labute approximate surface area is 195 Å². The zero-order chi connectivity index (χ0) is 24.9. The Bertz CT molecular complexity index is 1450. The predicted molar refractivity (Wildman–Crippen MR) is 116 cm³/mol. The molecular weight excluding hydrogens is 467 g/mol. The molecule has 0 atom stereocenters. The molecule has 1 aliphatic carbocycles. The van der Waals surface area contributed by atoms with E-state index < -0.39 is 23.7 Å². The molecule has 2 N–H and O–H groups in total. The first-order valence-electron chi connectivity index (χ1n) is 10.7. The summed E-state index contributed by atoms with van der Waals surface area (Å²) in [5, 5.41) is 17.1. The van der Waals surface area contributed by atoms with Crippen molar-refractivity contribution in [3.05, 3.63) is 59.1 Å². The van der Waals surface area contributed by atoms with Gasteiger partial charge < -0.3 is 10.6 Å². The third kappa shape index (κ3) is 4.46. The third-order valence-electron chi connectivity index (χ3n) is 5.58. The molecule has 0 unspecified atom stereocenters. The lowest BCUT2D eigenvalue weighted by molar-refractivity contribution is -0.142. The van der Waals surface area contributed by atoms with E-state index in [1.54, 1.807) is 24.1 Å². The Balaban J connectivity index is 1.39. The lowest BCUT2D eigenvalue weighted by Crippen LogP contribution is -2.26. The van der Waals surface area contributed by atoms with Crippen molar-refractivity contribution in [1.29, 1.82) is 0 Å². The maximum absolute atomic E-state index is 13.6. The maximum Gasteiger partial charge on any atom is 0.433 e. The van der Waals surface area contributed by atoms with Crippen LogP contribution in [0.15, 0.2) is 30.7 Å². The van der Waals surface area contributed by atoms with Crippen LogP contribution in [-0.4, -0.2) is 46.0 Å². The van der Waals surface area contributed by atoms with Crippen LogP contribution < -0.4 is 10.6 Å². The number of amides is 2. The first-order chi connectivity index (χ1) is 16.6. The van der Waals surface area contributed by atoms with E-state index in [1.807, 2.05) is 0 Å². The van der Waals surface area contributed by atoms with E-state index in [1.165, 1.54) is 24.0 Å². The second-order valence-electron chi connectivity index (χ2n) is 8.33. The van der Waals surface area contributed by atoms with Gasteiger partial charge in [0.2, 0.25) is 0 Å². The van der Waals surface area contributed by atoms with Crippen LogP contribution in [0.5, 0.6) is 0 Å². The molecule has 0 bridgehead atoms. The molecule has 0 aromatic carbocycles. The molecule has 0 aliphatic heterocycles. The number of hydrogen-bond acceptors (Lipinski definition) is 6. The molecule has 1 fully saturated rings. The van der Waals surface area contributed by atoms with E-state index in [0.29, 0.717) is 10.2 Å². The molecule has 182 valence electrons. The minimum atomic E-state index is -4.67. The van der Waals surface area contributed by atoms with E-state index in [4.69, 9.17) is 0 Å². The smallest absolute Gasteiger partial charge is 0.346 e. The number of halogens is 3. The zero-order valence-electron chi connectivity index (χ0n) is 18.7. The fraction of sp³-hybridized carbons (Fsp3) is 0.333. The van der Waals surface area contributed by atoms with Crippen LogP contribution >= 0.6 is 0 Å². The molecule has 1 saturated carbocycles. The number of rotatable bonds is 6. The molecule has 5 rings (SSSR count). The average molecular weight is 487 g/mol. The number of anilines is 1. The second-order valence-corrected chi connectivity index (χ2v) is 8.33. The molecule has 0 saturated heterocycles. The fourth-order valence-corrected chi connectivity index (χ4v) is 3.71. The topological polar surface area (TPSA) is 124 Å². The number of carbonyl (C=O) groups is 2. The summed E-state index contributed by atoms with van der Waals surface area (Å²) < 4.78 is 44.4. The number of nitrogens with zero attached hydrogens (tertiary/aromatic N) is 7. The average Bonchev–Trinajstić information content (AvgIpc) is 3.25. The van der Waals surface area contributed by atoms with Gasteiger partial charge in [0.05, 0.1) is 18.1 Å².